The predicted octanol–water partition coefficient (Wildman–Crippen LogP) is 6.28. The molecule has 1 fully saturated rings. The SMILES string of the molecule is CCOc1ccc(Nc2c(-c3ccccc3)c(NC3CCCCC3)nn3ccnc23)cc1. The molecule has 5 rings (SSSR count). The summed E-state index contributed by atoms with van der Waals surface area (Å²) in [7, 11) is 0. The summed E-state index contributed by atoms with van der Waals surface area (Å²) >= 11 is 0. The van der Waals surface area contributed by atoms with Gasteiger partial charge < -0.3 is 15.4 Å². The highest BCUT2D eigenvalue weighted by atomic mass is 16.5. The molecule has 0 saturated heterocycles. The first-order chi connectivity index (χ1) is 15.8. The summed E-state index contributed by atoms with van der Waals surface area (Å²) < 4.78 is 7.46. The Balaban J connectivity index is 1.61. The van der Waals surface area contributed by atoms with E-state index in [9.17, 15) is 0 Å². The summed E-state index contributed by atoms with van der Waals surface area (Å²) in [4.78, 5) is 4.62. The maximum atomic E-state index is 5.60. The number of aromatic nitrogens is 3. The summed E-state index contributed by atoms with van der Waals surface area (Å²) in [5.74, 6) is 1.75. The van der Waals surface area contributed by atoms with E-state index in [1.807, 2.05) is 48.0 Å². The molecule has 1 aliphatic carbocycles. The molecule has 32 heavy (non-hydrogen) atoms. The van der Waals surface area contributed by atoms with Gasteiger partial charge in [-0.05, 0) is 49.6 Å². The van der Waals surface area contributed by atoms with E-state index in [1.54, 1.807) is 6.20 Å². The molecule has 2 aromatic carbocycles. The Labute approximate surface area is 188 Å². The van der Waals surface area contributed by atoms with Crippen LogP contribution in [-0.4, -0.2) is 27.2 Å². The lowest BCUT2D eigenvalue weighted by Gasteiger charge is -2.25. The number of anilines is 3. The summed E-state index contributed by atoms with van der Waals surface area (Å²) in [6, 6.07) is 18.9. The van der Waals surface area contributed by atoms with E-state index in [0.717, 1.165) is 39.7 Å². The molecule has 2 N–H and O–H groups in total. The average Bonchev–Trinajstić information content (AvgIpc) is 3.30. The Morgan fingerprint density at radius 3 is 2.53 bits per heavy atom. The molecule has 1 aliphatic rings. The molecule has 0 spiro atoms. The van der Waals surface area contributed by atoms with Crippen LogP contribution in [0.2, 0.25) is 0 Å². The molecule has 2 aromatic heterocycles. The topological polar surface area (TPSA) is 63.5 Å². The van der Waals surface area contributed by atoms with Crippen LogP contribution in [-0.2, 0) is 0 Å². The monoisotopic (exact) mass is 427 g/mol. The first-order valence-electron chi connectivity index (χ1n) is 11.5. The van der Waals surface area contributed by atoms with Crippen LogP contribution < -0.4 is 15.4 Å². The average molecular weight is 428 g/mol. The smallest absolute Gasteiger partial charge is 0.178 e. The molecule has 1 saturated carbocycles. The van der Waals surface area contributed by atoms with Gasteiger partial charge in [0.2, 0.25) is 0 Å². The molecule has 0 aliphatic heterocycles. The normalized spacial score (nSPS) is 14.4. The lowest BCUT2D eigenvalue weighted by molar-refractivity contribution is 0.340. The third-order valence-electron chi connectivity index (χ3n) is 5.98. The highest BCUT2D eigenvalue weighted by Gasteiger charge is 2.22. The van der Waals surface area contributed by atoms with Crippen LogP contribution in [0.5, 0.6) is 5.75 Å². The van der Waals surface area contributed by atoms with Crippen molar-refractivity contribution < 1.29 is 4.74 Å². The number of fused-ring (bicyclic) bond motifs is 1. The van der Waals surface area contributed by atoms with E-state index < -0.39 is 0 Å². The lowest BCUT2D eigenvalue weighted by atomic mass is 9.95. The first kappa shape index (κ1) is 20.4. The number of ether oxygens (including phenoxy) is 1. The fourth-order valence-corrected chi connectivity index (χ4v) is 4.44. The van der Waals surface area contributed by atoms with Crippen molar-refractivity contribution in [1.82, 2.24) is 14.6 Å². The van der Waals surface area contributed by atoms with Crippen LogP contribution in [0.4, 0.5) is 17.2 Å². The van der Waals surface area contributed by atoms with E-state index in [-0.39, 0.29) is 0 Å². The third kappa shape index (κ3) is 4.26. The van der Waals surface area contributed by atoms with Gasteiger partial charge in [0.25, 0.3) is 0 Å². The Morgan fingerprint density at radius 1 is 1.00 bits per heavy atom. The molecule has 0 radical (unpaired) electrons. The Morgan fingerprint density at radius 2 is 1.78 bits per heavy atom. The summed E-state index contributed by atoms with van der Waals surface area (Å²) in [5, 5.41) is 12.3. The molecule has 2 heterocycles. The minimum atomic E-state index is 0.443. The fraction of sp³-hybridized carbons (Fsp3) is 0.308. The van der Waals surface area contributed by atoms with E-state index >= 15 is 0 Å². The van der Waals surface area contributed by atoms with Gasteiger partial charge in [0.05, 0.1) is 17.9 Å². The second kappa shape index (κ2) is 9.30. The van der Waals surface area contributed by atoms with Crippen LogP contribution in [0.1, 0.15) is 39.0 Å². The number of hydrogen-bond donors (Lipinski definition) is 2. The van der Waals surface area contributed by atoms with E-state index in [2.05, 4.69) is 39.9 Å². The molecule has 6 heteroatoms. The van der Waals surface area contributed by atoms with Crippen molar-refractivity contribution in [1.29, 1.82) is 0 Å². The molecule has 6 nitrogen and oxygen atoms in total. The number of nitrogens with one attached hydrogen (secondary N) is 2. The minimum absolute atomic E-state index is 0.443. The molecule has 0 unspecified atom stereocenters. The van der Waals surface area contributed by atoms with Crippen LogP contribution in [0, 0.1) is 0 Å². The standard InChI is InChI=1S/C26H29N5O/c1-2-32-22-15-13-21(14-16-22)28-24-23(19-9-5-3-6-10-19)25(29-20-11-7-4-8-12-20)30-31-18-17-27-26(24)31/h3,5-6,9-10,13-18,20,28H,2,4,7-8,11-12H2,1H3,(H,29,30). The van der Waals surface area contributed by atoms with Crippen LogP contribution in [0.3, 0.4) is 0 Å². The van der Waals surface area contributed by atoms with Crippen LogP contribution in [0.15, 0.2) is 67.0 Å². The second-order valence-electron chi connectivity index (χ2n) is 8.22. The molecular formula is C26H29N5O. The van der Waals surface area contributed by atoms with Gasteiger partial charge in [-0.3, -0.25) is 0 Å². The largest absolute Gasteiger partial charge is 0.494 e. The van der Waals surface area contributed by atoms with Gasteiger partial charge in [0.1, 0.15) is 5.75 Å². The van der Waals surface area contributed by atoms with Crippen molar-refractivity contribution >= 4 is 22.8 Å². The number of rotatable bonds is 7. The van der Waals surface area contributed by atoms with E-state index in [1.165, 1.54) is 32.1 Å². The number of imidazole rings is 1. The zero-order chi connectivity index (χ0) is 21.8. The lowest BCUT2D eigenvalue weighted by Crippen LogP contribution is -2.24. The number of hydrogen-bond acceptors (Lipinski definition) is 5. The van der Waals surface area contributed by atoms with Gasteiger partial charge in [-0.2, -0.15) is 0 Å². The van der Waals surface area contributed by atoms with Crippen molar-refractivity contribution in [3.05, 3.63) is 67.0 Å². The maximum Gasteiger partial charge on any atom is 0.178 e. The minimum Gasteiger partial charge on any atom is -0.494 e. The van der Waals surface area contributed by atoms with E-state index in [4.69, 9.17) is 9.84 Å². The van der Waals surface area contributed by atoms with Crippen LogP contribution >= 0.6 is 0 Å². The van der Waals surface area contributed by atoms with Crippen molar-refractivity contribution in [2.75, 3.05) is 17.2 Å². The quantitative estimate of drug-likeness (QED) is 0.363. The summed E-state index contributed by atoms with van der Waals surface area (Å²) in [5.41, 5.74) is 4.87. The molecule has 0 atom stereocenters. The fourth-order valence-electron chi connectivity index (χ4n) is 4.44. The molecule has 0 amide bonds. The number of benzene rings is 2. The summed E-state index contributed by atoms with van der Waals surface area (Å²) in [6.07, 6.45) is 9.91. The Hall–Kier alpha value is -3.54. The zero-order valence-corrected chi connectivity index (χ0v) is 18.4. The van der Waals surface area contributed by atoms with Gasteiger partial charge in [-0.25, -0.2) is 9.50 Å². The highest BCUT2D eigenvalue weighted by molar-refractivity contribution is 5.95. The maximum absolute atomic E-state index is 5.60. The van der Waals surface area contributed by atoms with Gasteiger partial charge in [0.15, 0.2) is 11.5 Å². The van der Waals surface area contributed by atoms with Gasteiger partial charge in [-0.1, -0.05) is 49.6 Å². The number of nitrogens with zero attached hydrogens (tertiary/aromatic N) is 3. The summed E-state index contributed by atoms with van der Waals surface area (Å²) in [6.45, 7) is 2.64. The van der Waals surface area contributed by atoms with Gasteiger partial charge in [0, 0.05) is 24.1 Å². The molecular weight excluding hydrogens is 398 g/mol. The van der Waals surface area contributed by atoms with Gasteiger partial charge >= 0.3 is 0 Å². The van der Waals surface area contributed by atoms with Crippen LogP contribution in [0.25, 0.3) is 16.8 Å². The second-order valence-corrected chi connectivity index (χ2v) is 8.22. The van der Waals surface area contributed by atoms with Crippen molar-refractivity contribution in [3.63, 3.8) is 0 Å². The first-order valence-corrected chi connectivity index (χ1v) is 11.5. The predicted molar refractivity (Wildman–Crippen MR) is 130 cm³/mol. The van der Waals surface area contributed by atoms with Crippen molar-refractivity contribution in [2.24, 2.45) is 0 Å². The highest BCUT2D eigenvalue weighted by Crippen LogP contribution is 2.39. The molecule has 164 valence electrons. The zero-order valence-electron chi connectivity index (χ0n) is 18.4. The van der Waals surface area contributed by atoms with E-state index in [0.29, 0.717) is 12.6 Å². The van der Waals surface area contributed by atoms with Crippen molar-refractivity contribution in [3.8, 4) is 16.9 Å². The van der Waals surface area contributed by atoms with Crippen molar-refractivity contribution in [2.45, 2.75) is 45.1 Å². The van der Waals surface area contributed by atoms with Gasteiger partial charge in [-0.15, -0.1) is 5.10 Å². The third-order valence-corrected chi connectivity index (χ3v) is 5.98. The molecule has 0 bridgehead atoms. The Kier molecular flexibility index (Phi) is 5.92. The Bertz CT molecular complexity index is 1160. The molecule has 4 aromatic rings.